The van der Waals surface area contributed by atoms with Gasteiger partial charge in [0.1, 0.15) is 5.75 Å². The largest absolute Gasteiger partial charge is 0.495 e. The molecule has 0 saturated heterocycles. The Balaban J connectivity index is 1.75. The van der Waals surface area contributed by atoms with Gasteiger partial charge in [-0.3, -0.25) is 4.79 Å². The zero-order valence-electron chi connectivity index (χ0n) is 19.7. The fourth-order valence-corrected chi connectivity index (χ4v) is 3.27. The monoisotopic (exact) mass is 481 g/mol. The number of carbonyl (C=O) groups excluding carboxylic acids is 1. The molecule has 182 valence electrons. The van der Waals surface area contributed by atoms with Crippen molar-refractivity contribution < 1.29 is 32.5 Å². The lowest BCUT2D eigenvalue weighted by atomic mass is 10.1. The number of halogens is 2. The van der Waals surface area contributed by atoms with Gasteiger partial charge in [0.25, 0.3) is 0 Å². The van der Waals surface area contributed by atoms with Crippen LogP contribution >= 0.6 is 0 Å². The summed E-state index contributed by atoms with van der Waals surface area (Å²) in [5.74, 6) is -0.342. The van der Waals surface area contributed by atoms with Crippen LogP contribution in [0.2, 0.25) is 0 Å². The van der Waals surface area contributed by atoms with E-state index in [4.69, 9.17) is 18.9 Å². The predicted octanol–water partition coefficient (Wildman–Crippen LogP) is 5.82. The highest BCUT2D eigenvalue weighted by Gasteiger charge is 2.12. The van der Waals surface area contributed by atoms with Gasteiger partial charge in [-0.05, 0) is 59.2 Å². The summed E-state index contributed by atoms with van der Waals surface area (Å²) >= 11 is 0. The van der Waals surface area contributed by atoms with Crippen LogP contribution in [0, 0.1) is 11.6 Å². The molecule has 0 aliphatic heterocycles. The van der Waals surface area contributed by atoms with Crippen LogP contribution in [0.25, 0.3) is 18.2 Å². The second-order valence-corrected chi connectivity index (χ2v) is 7.25. The maximum absolute atomic E-state index is 13.3. The summed E-state index contributed by atoms with van der Waals surface area (Å²) in [6.45, 7) is 0. The lowest BCUT2D eigenvalue weighted by Gasteiger charge is -2.13. The van der Waals surface area contributed by atoms with Crippen molar-refractivity contribution in [2.45, 2.75) is 0 Å². The molecule has 6 nitrogen and oxygen atoms in total. The molecule has 0 spiro atoms. The van der Waals surface area contributed by atoms with E-state index in [-0.39, 0.29) is 0 Å². The Morgan fingerprint density at radius 3 is 1.86 bits per heavy atom. The molecule has 8 heteroatoms. The number of benzene rings is 3. The third kappa shape index (κ3) is 6.38. The average molecular weight is 481 g/mol. The van der Waals surface area contributed by atoms with Crippen LogP contribution < -0.4 is 24.3 Å². The van der Waals surface area contributed by atoms with Crippen molar-refractivity contribution in [2.24, 2.45) is 0 Å². The third-order valence-corrected chi connectivity index (χ3v) is 5.01. The molecule has 0 saturated carbocycles. The lowest BCUT2D eigenvalue weighted by Crippen LogP contribution is -2.09. The Morgan fingerprint density at radius 2 is 1.26 bits per heavy atom. The molecule has 0 unspecified atom stereocenters. The Kier molecular flexibility index (Phi) is 8.45. The molecule has 3 aromatic carbocycles. The van der Waals surface area contributed by atoms with Gasteiger partial charge in [0.05, 0.1) is 34.1 Å². The summed E-state index contributed by atoms with van der Waals surface area (Å²) in [5, 5.41) is 2.71. The minimum atomic E-state index is -0.982. The first-order valence-corrected chi connectivity index (χ1v) is 10.5. The van der Waals surface area contributed by atoms with E-state index >= 15 is 0 Å². The Hall–Kier alpha value is -4.33. The van der Waals surface area contributed by atoms with Crippen LogP contribution in [0.15, 0.2) is 54.6 Å². The fraction of sp³-hybridized carbons (Fsp3) is 0.148. The van der Waals surface area contributed by atoms with E-state index in [0.717, 1.165) is 23.3 Å². The van der Waals surface area contributed by atoms with Gasteiger partial charge in [0, 0.05) is 6.08 Å². The van der Waals surface area contributed by atoms with Gasteiger partial charge >= 0.3 is 0 Å². The molecule has 0 aliphatic rings. The summed E-state index contributed by atoms with van der Waals surface area (Å²) in [4.78, 5) is 12.3. The van der Waals surface area contributed by atoms with Crippen LogP contribution in [0.4, 0.5) is 14.5 Å². The van der Waals surface area contributed by atoms with E-state index in [1.165, 1.54) is 25.3 Å². The highest BCUT2D eigenvalue weighted by molar-refractivity contribution is 6.02. The zero-order valence-corrected chi connectivity index (χ0v) is 19.7. The highest BCUT2D eigenvalue weighted by atomic mass is 19.2. The van der Waals surface area contributed by atoms with E-state index in [2.05, 4.69) is 5.32 Å². The average Bonchev–Trinajstić information content (AvgIpc) is 2.87. The number of ether oxygens (including phenoxy) is 4. The van der Waals surface area contributed by atoms with E-state index in [0.29, 0.717) is 34.2 Å². The van der Waals surface area contributed by atoms with Crippen molar-refractivity contribution in [1.29, 1.82) is 0 Å². The van der Waals surface area contributed by atoms with E-state index in [1.54, 1.807) is 33.5 Å². The molecule has 0 aliphatic carbocycles. The van der Waals surface area contributed by atoms with Gasteiger partial charge in [-0.15, -0.1) is 0 Å². The maximum Gasteiger partial charge on any atom is 0.248 e. The van der Waals surface area contributed by atoms with E-state index in [9.17, 15) is 13.6 Å². The lowest BCUT2D eigenvalue weighted by molar-refractivity contribution is -0.111. The summed E-state index contributed by atoms with van der Waals surface area (Å²) in [7, 11) is 6.14. The van der Waals surface area contributed by atoms with Gasteiger partial charge < -0.3 is 24.3 Å². The molecule has 0 heterocycles. The van der Waals surface area contributed by atoms with Crippen LogP contribution in [-0.4, -0.2) is 34.3 Å². The smallest absolute Gasteiger partial charge is 0.248 e. The van der Waals surface area contributed by atoms with Gasteiger partial charge in [-0.1, -0.05) is 24.3 Å². The van der Waals surface area contributed by atoms with Crippen LogP contribution in [0.5, 0.6) is 23.0 Å². The van der Waals surface area contributed by atoms with Gasteiger partial charge in [0.2, 0.25) is 11.7 Å². The van der Waals surface area contributed by atoms with Crippen molar-refractivity contribution in [1.82, 2.24) is 0 Å². The SMILES string of the molecule is COc1cc(/C=C/c2cc(OC)c(OC)c(OC)c2)ccc1NC(=O)/C=C/c1ccc(F)c(F)c1. The van der Waals surface area contributed by atoms with Crippen LogP contribution in [0.3, 0.4) is 0 Å². The second-order valence-electron chi connectivity index (χ2n) is 7.25. The number of hydrogen-bond donors (Lipinski definition) is 1. The maximum atomic E-state index is 13.3. The first-order chi connectivity index (χ1) is 16.9. The van der Waals surface area contributed by atoms with Gasteiger partial charge in [-0.2, -0.15) is 0 Å². The highest BCUT2D eigenvalue weighted by Crippen LogP contribution is 2.38. The van der Waals surface area contributed by atoms with Crippen LogP contribution in [0.1, 0.15) is 16.7 Å². The topological polar surface area (TPSA) is 66.0 Å². The van der Waals surface area contributed by atoms with Crippen molar-refractivity contribution in [3.8, 4) is 23.0 Å². The molecule has 3 rings (SSSR count). The van der Waals surface area contributed by atoms with Gasteiger partial charge in [-0.25, -0.2) is 8.78 Å². The number of anilines is 1. The first kappa shape index (κ1) is 25.3. The number of carbonyl (C=O) groups is 1. The van der Waals surface area contributed by atoms with Gasteiger partial charge in [0.15, 0.2) is 23.1 Å². The molecule has 1 N–H and O–H groups in total. The minimum absolute atomic E-state index is 0.360. The standard InChI is InChI=1S/C27H25F2NO5/c1-32-23-14-18(5-6-19-15-24(33-2)27(35-4)25(16-19)34-3)8-11-22(23)30-26(31)12-9-17-7-10-20(28)21(29)13-17/h5-16H,1-4H3,(H,30,31)/b6-5+,12-9+. The predicted molar refractivity (Wildman–Crippen MR) is 132 cm³/mol. The molecule has 35 heavy (non-hydrogen) atoms. The summed E-state index contributed by atoms with van der Waals surface area (Å²) in [6.07, 6.45) is 6.36. The van der Waals surface area contributed by atoms with Crippen molar-refractivity contribution >= 4 is 29.8 Å². The summed E-state index contributed by atoms with van der Waals surface area (Å²) in [6, 6.07) is 12.3. The van der Waals surface area contributed by atoms with E-state index in [1.807, 2.05) is 30.4 Å². The number of amides is 1. The number of methoxy groups -OCH3 is 4. The fourth-order valence-electron chi connectivity index (χ4n) is 3.27. The number of rotatable bonds is 9. The number of hydrogen-bond acceptors (Lipinski definition) is 5. The molecule has 3 aromatic rings. The Labute approximate surface area is 202 Å². The Bertz CT molecular complexity index is 1250. The molecule has 0 fully saturated rings. The molecule has 0 atom stereocenters. The molecular formula is C27H25F2NO5. The van der Waals surface area contributed by atoms with Crippen LogP contribution in [-0.2, 0) is 4.79 Å². The number of nitrogens with one attached hydrogen (secondary N) is 1. The normalized spacial score (nSPS) is 11.0. The zero-order chi connectivity index (χ0) is 25.4. The molecule has 0 aromatic heterocycles. The van der Waals surface area contributed by atoms with Crippen molar-refractivity contribution in [3.63, 3.8) is 0 Å². The second kappa shape index (κ2) is 11.7. The summed E-state index contributed by atoms with van der Waals surface area (Å²) in [5.41, 5.74) is 2.47. The summed E-state index contributed by atoms with van der Waals surface area (Å²) < 4.78 is 47.9. The molecule has 0 bridgehead atoms. The van der Waals surface area contributed by atoms with E-state index < -0.39 is 17.5 Å². The first-order valence-electron chi connectivity index (χ1n) is 10.5. The molecular weight excluding hydrogens is 456 g/mol. The minimum Gasteiger partial charge on any atom is -0.495 e. The molecule has 0 radical (unpaired) electrons. The quantitative estimate of drug-likeness (QED) is 0.308. The van der Waals surface area contributed by atoms with Crippen molar-refractivity contribution in [2.75, 3.05) is 33.8 Å². The molecule has 1 amide bonds. The van der Waals surface area contributed by atoms with Crippen molar-refractivity contribution in [3.05, 3.63) is 82.9 Å². The third-order valence-electron chi connectivity index (χ3n) is 5.01. The Morgan fingerprint density at radius 1 is 0.686 bits per heavy atom.